The third-order valence-corrected chi connectivity index (χ3v) is 2.83. The van der Waals surface area contributed by atoms with Crippen LogP contribution in [0.15, 0.2) is 18.2 Å². The molecule has 0 aromatic heterocycles. The third-order valence-electron chi connectivity index (χ3n) is 2.83. The van der Waals surface area contributed by atoms with Crippen molar-refractivity contribution >= 4 is 23.6 Å². The summed E-state index contributed by atoms with van der Waals surface area (Å²) in [6.45, 7) is 2.61. The van der Waals surface area contributed by atoms with Crippen LogP contribution < -0.4 is 10.6 Å². The molecule has 0 radical (unpaired) electrons. The first-order valence-electron chi connectivity index (χ1n) is 6.26. The number of carbonyl (C=O) groups excluding carboxylic acids is 2. The fraction of sp³-hybridized carbons (Fsp3) is 0.385. The van der Waals surface area contributed by atoms with Crippen molar-refractivity contribution < 1.29 is 14.5 Å². The lowest BCUT2D eigenvalue weighted by Crippen LogP contribution is -2.34. The van der Waals surface area contributed by atoms with Crippen LogP contribution >= 0.6 is 0 Å². The van der Waals surface area contributed by atoms with E-state index in [2.05, 4.69) is 0 Å². The van der Waals surface area contributed by atoms with Gasteiger partial charge in [-0.2, -0.15) is 0 Å². The molecular weight excluding hydrogens is 262 g/mol. The van der Waals surface area contributed by atoms with Crippen LogP contribution in [0.1, 0.15) is 30.1 Å². The molecule has 108 valence electrons. The van der Waals surface area contributed by atoms with Gasteiger partial charge in [-0.1, -0.05) is 13.3 Å². The van der Waals surface area contributed by atoms with Crippen LogP contribution in [-0.4, -0.2) is 30.2 Å². The number of anilines is 1. The standard InChI is InChI=1S/C13H17N3O4/c1-2-3-6-15(8-13(14)18)11-4-5-12(16(19)20)10(7-11)9-17/h4-5,7,9H,2-3,6,8H2,1H3,(H2,14,18). The molecular formula is C13H17N3O4. The molecule has 0 bridgehead atoms. The number of nitro groups is 1. The van der Waals surface area contributed by atoms with Gasteiger partial charge in [-0.25, -0.2) is 0 Å². The highest BCUT2D eigenvalue weighted by Crippen LogP contribution is 2.24. The summed E-state index contributed by atoms with van der Waals surface area (Å²) < 4.78 is 0. The zero-order valence-electron chi connectivity index (χ0n) is 11.2. The van der Waals surface area contributed by atoms with Crippen molar-refractivity contribution in [2.45, 2.75) is 19.8 Å². The summed E-state index contributed by atoms with van der Waals surface area (Å²) in [4.78, 5) is 33.9. The fourth-order valence-electron chi connectivity index (χ4n) is 1.84. The summed E-state index contributed by atoms with van der Waals surface area (Å²) in [5.41, 5.74) is 5.50. The van der Waals surface area contributed by atoms with Crippen molar-refractivity contribution in [3.05, 3.63) is 33.9 Å². The number of carbonyl (C=O) groups is 2. The number of unbranched alkanes of at least 4 members (excludes halogenated alkanes) is 1. The first-order valence-corrected chi connectivity index (χ1v) is 6.26. The van der Waals surface area contributed by atoms with Crippen molar-refractivity contribution in [3.8, 4) is 0 Å². The van der Waals surface area contributed by atoms with E-state index in [-0.39, 0.29) is 17.8 Å². The Labute approximate surface area is 116 Å². The summed E-state index contributed by atoms with van der Waals surface area (Å²) in [6, 6.07) is 4.19. The minimum absolute atomic E-state index is 0.0100. The number of amides is 1. The lowest BCUT2D eigenvalue weighted by Gasteiger charge is -2.23. The van der Waals surface area contributed by atoms with Crippen LogP contribution in [0.2, 0.25) is 0 Å². The third kappa shape index (κ3) is 4.04. The van der Waals surface area contributed by atoms with Gasteiger partial charge in [0.15, 0.2) is 6.29 Å². The summed E-state index contributed by atoms with van der Waals surface area (Å²) >= 11 is 0. The zero-order chi connectivity index (χ0) is 15.1. The topological polar surface area (TPSA) is 107 Å². The number of nitrogens with zero attached hydrogens (tertiary/aromatic N) is 2. The van der Waals surface area contributed by atoms with Gasteiger partial charge < -0.3 is 10.6 Å². The normalized spacial score (nSPS) is 10.1. The molecule has 1 aromatic carbocycles. The Morgan fingerprint density at radius 3 is 2.70 bits per heavy atom. The highest BCUT2D eigenvalue weighted by atomic mass is 16.6. The molecule has 0 unspecified atom stereocenters. The van der Waals surface area contributed by atoms with E-state index in [1.165, 1.54) is 18.2 Å². The molecule has 7 heteroatoms. The number of primary amides is 1. The van der Waals surface area contributed by atoms with E-state index >= 15 is 0 Å². The maximum absolute atomic E-state index is 11.1. The molecule has 1 aromatic rings. The molecule has 0 saturated carbocycles. The number of aldehydes is 1. The second-order valence-corrected chi connectivity index (χ2v) is 4.36. The molecule has 1 amide bonds. The summed E-state index contributed by atoms with van der Waals surface area (Å²) in [6.07, 6.45) is 2.22. The Morgan fingerprint density at radius 1 is 1.50 bits per heavy atom. The molecule has 1 rings (SSSR count). The van der Waals surface area contributed by atoms with E-state index in [0.29, 0.717) is 18.5 Å². The van der Waals surface area contributed by atoms with Crippen LogP contribution in [0.4, 0.5) is 11.4 Å². The van der Waals surface area contributed by atoms with Crippen LogP contribution in [0.3, 0.4) is 0 Å². The molecule has 0 heterocycles. The lowest BCUT2D eigenvalue weighted by atomic mass is 10.1. The average Bonchev–Trinajstić information content (AvgIpc) is 2.42. The Bertz CT molecular complexity index is 516. The van der Waals surface area contributed by atoms with Crippen LogP contribution in [0.25, 0.3) is 0 Å². The zero-order valence-corrected chi connectivity index (χ0v) is 11.2. The Kier molecular flexibility index (Phi) is 5.64. The van der Waals surface area contributed by atoms with Crippen molar-refractivity contribution in [2.24, 2.45) is 5.73 Å². The summed E-state index contributed by atoms with van der Waals surface area (Å²) in [5, 5.41) is 10.8. The highest BCUT2D eigenvalue weighted by Gasteiger charge is 2.16. The maximum atomic E-state index is 11.1. The van der Waals surface area contributed by atoms with Crippen molar-refractivity contribution in [2.75, 3.05) is 18.0 Å². The van der Waals surface area contributed by atoms with Gasteiger partial charge in [-0.15, -0.1) is 0 Å². The van der Waals surface area contributed by atoms with Gasteiger partial charge in [-0.3, -0.25) is 19.7 Å². The SMILES string of the molecule is CCCCN(CC(N)=O)c1ccc([N+](=O)[O-])c(C=O)c1. The number of nitro benzene ring substituents is 1. The number of nitrogens with two attached hydrogens (primary N) is 1. The molecule has 2 N–H and O–H groups in total. The molecule has 0 aliphatic carbocycles. The van der Waals surface area contributed by atoms with Crippen LogP contribution in [0.5, 0.6) is 0 Å². The van der Waals surface area contributed by atoms with Gasteiger partial charge in [0.25, 0.3) is 5.69 Å². The molecule has 0 saturated heterocycles. The van der Waals surface area contributed by atoms with Gasteiger partial charge in [0.05, 0.1) is 17.0 Å². The van der Waals surface area contributed by atoms with E-state index in [1.807, 2.05) is 6.92 Å². The van der Waals surface area contributed by atoms with E-state index in [9.17, 15) is 19.7 Å². The Balaban J connectivity index is 3.09. The smallest absolute Gasteiger partial charge is 0.280 e. The van der Waals surface area contributed by atoms with Crippen molar-refractivity contribution in [3.63, 3.8) is 0 Å². The molecule has 0 aliphatic rings. The minimum Gasteiger partial charge on any atom is -0.368 e. The van der Waals surface area contributed by atoms with Crippen LogP contribution in [0, 0.1) is 10.1 Å². The van der Waals surface area contributed by atoms with E-state index in [0.717, 1.165) is 12.8 Å². The molecule has 0 fully saturated rings. The van der Waals surface area contributed by atoms with E-state index in [4.69, 9.17) is 5.73 Å². The monoisotopic (exact) mass is 279 g/mol. The largest absolute Gasteiger partial charge is 0.368 e. The molecule has 7 nitrogen and oxygen atoms in total. The first-order chi connectivity index (χ1) is 9.49. The maximum Gasteiger partial charge on any atom is 0.280 e. The van der Waals surface area contributed by atoms with Gasteiger partial charge in [0.1, 0.15) is 0 Å². The fourth-order valence-corrected chi connectivity index (χ4v) is 1.84. The Morgan fingerprint density at radius 2 is 2.20 bits per heavy atom. The van der Waals surface area contributed by atoms with E-state index < -0.39 is 10.8 Å². The number of rotatable bonds is 8. The predicted molar refractivity (Wildman–Crippen MR) is 74.8 cm³/mol. The number of benzene rings is 1. The second-order valence-electron chi connectivity index (χ2n) is 4.36. The lowest BCUT2D eigenvalue weighted by molar-refractivity contribution is -0.385. The molecule has 0 aliphatic heterocycles. The minimum atomic E-state index is -0.613. The number of hydrogen-bond acceptors (Lipinski definition) is 5. The quantitative estimate of drug-likeness (QED) is 0.441. The predicted octanol–water partition coefficient (Wildman–Crippen LogP) is 1.50. The number of hydrogen-bond donors (Lipinski definition) is 1. The van der Waals surface area contributed by atoms with Gasteiger partial charge in [-0.05, 0) is 18.6 Å². The molecule has 20 heavy (non-hydrogen) atoms. The molecule has 0 atom stereocenters. The average molecular weight is 279 g/mol. The van der Waals surface area contributed by atoms with Crippen molar-refractivity contribution in [1.29, 1.82) is 0 Å². The van der Waals surface area contributed by atoms with Gasteiger partial charge in [0.2, 0.25) is 5.91 Å². The second kappa shape index (κ2) is 7.22. The highest BCUT2D eigenvalue weighted by molar-refractivity contribution is 5.85. The first kappa shape index (κ1) is 15.6. The van der Waals surface area contributed by atoms with Crippen molar-refractivity contribution in [1.82, 2.24) is 0 Å². The van der Waals surface area contributed by atoms with Gasteiger partial charge in [0, 0.05) is 18.3 Å². The molecule has 0 spiro atoms. The summed E-state index contributed by atoms with van der Waals surface area (Å²) in [5.74, 6) is -0.493. The van der Waals surface area contributed by atoms with E-state index in [1.54, 1.807) is 4.90 Å². The summed E-state index contributed by atoms with van der Waals surface area (Å²) in [7, 11) is 0. The van der Waals surface area contributed by atoms with Gasteiger partial charge >= 0.3 is 0 Å². The Hall–Kier alpha value is -2.44. The van der Waals surface area contributed by atoms with Crippen LogP contribution in [-0.2, 0) is 4.79 Å².